The molecule has 4 nitrogen and oxygen atoms in total. The topological polar surface area (TPSA) is 47.3 Å². The first kappa shape index (κ1) is 14.2. The van der Waals surface area contributed by atoms with Crippen molar-refractivity contribution in [2.75, 3.05) is 6.61 Å². The molecule has 0 spiro atoms. The largest absolute Gasteiger partial charge is 0.490 e. The number of aromatic nitrogens is 2. The van der Waals surface area contributed by atoms with E-state index in [9.17, 15) is 5.11 Å². The molecule has 1 heterocycles. The molecule has 1 aromatic heterocycles. The molecule has 0 aliphatic heterocycles. The molecule has 0 aliphatic rings. The highest BCUT2D eigenvalue weighted by atomic mass is 35.5. The first-order valence-corrected chi connectivity index (χ1v) is 6.56. The van der Waals surface area contributed by atoms with Crippen LogP contribution >= 0.6 is 23.2 Å². The summed E-state index contributed by atoms with van der Waals surface area (Å²) >= 11 is 11.9. The number of aryl methyl sites for hydroxylation is 1. The Balaban J connectivity index is 2.05. The summed E-state index contributed by atoms with van der Waals surface area (Å²) in [5.41, 5.74) is 0.583. The van der Waals surface area contributed by atoms with Gasteiger partial charge in [0.15, 0.2) is 0 Å². The van der Waals surface area contributed by atoms with E-state index in [-0.39, 0.29) is 6.61 Å². The zero-order chi connectivity index (χ0) is 13.8. The van der Waals surface area contributed by atoms with Crippen molar-refractivity contribution in [2.45, 2.75) is 20.1 Å². The molecule has 0 bridgehead atoms. The fraction of sp³-hybridized carbons (Fsp3) is 0.308. The third-order valence-corrected chi connectivity index (χ3v) is 3.26. The van der Waals surface area contributed by atoms with Gasteiger partial charge in [-0.15, -0.1) is 0 Å². The Hall–Kier alpha value is -1.23. The molecule has 2 aromatic rings. The Morgan fingerprint density at radius 2 is 2.16 bits per heavy atom. The molecule has 1 aromatic carbocycles. The first-order chi connectivity index (χ1) is 9.11. The van der Waals surface area contributed by atoms with Crippen LogP contribution in [0, 0.1) is 6.92 Å². The molecule has 0 aliphatic carbocycles. The zero-order valence-corrected chi connectivity index (χ0v) is 11.9. The maximum atomic E-state index is 9.28. The van der Waals surface area contributed by atoms with Crippen LogP contribution in [0.2, 0.25) is 10.0 Å². The van der Waals surface area contributed by atoms with Gasteiger partial charge in [0.1, 0.15) is 18.2 Å². The second kappa shape index (κ2) is 6.28. The predicted molar refractivity (Wildman–Crippen MR) is 74.8 cm³/mol. The fourth-order valence-corrected chi connectivity index (χ4v) is 2.37. The Bertz CT molecular complexity index is 570. The van der Waals surface area contributed by atoms with E-state index in [4.69, 9.17) is 27.9 Å². The summed E-state index contributed by atoms with van der Waals surface area (Å²) in [4.78, 5) is 4.13. The van der Waals surface area contributed by atoms with Gasteiger partial charge in [0.2, 0.25) is 0 Å². The van der Waals surface area contributed by atoms with Crippen molar-refractivity contribution < 1.29 is 9.84 Å². The van der Waals surface area contributed by atoms with Gasteiger partial charge in [0, 0.05) is 23.0 Å². The van der Waals surface area contributed by atoms with E-state index in [1.54, 1.807) is 18.3 Å². The molecule has 0 fully saturated rings. The minimum Gasteiger partial charge on any atom is -0.490 e. The van der Waals surface area contributed by atoms with Crippen LogP contribution in [0.25, 0.3) is 0 Å². The third kappa shape index (κ3) is 3.41. The van der Waals surface area contributed by atoms with Crippen molar-refractivity contribution in [3.05, 3.63) is 46.0 Å². The Labute approximate surface area is 121 Å². The van der Waals surface area contributed by atoms with Crippen molar-refractivity contribution in [3.63, 3.8) is 0 Å². The van der Waals surface area contributed by atoms with E-state index in [1.165, 1.54) is 0 Å². The van der Waals surface area contributed by atoms with Gasteiger partial charge < -0.3 is 14.4 Å². The lowest BCUT2D eigenvalue weighted by Crippen LogP contribution is -2.10. The SMILES string of the molecule is Cc1nccn1CCOc1c(Cl)cc(Cl)cc1CO. The van der Waals surface area contributed by atoms with Gasteiger partial charge in [-0.2, -0.15) is 0 Å². The monoisotopic (exact) mass is 300 g/mol. The number of aliphatic hydroxyl groups excluding tert-OH is 1. The van der Waals surface area contributed by atoms with Crippen LogP contribution in [-0.2, 0) is 13.2 Å². The number of ether oxygens (including phenoxy) is 1. The predicted octanol–water partition coefficient (Wildman–Crippen LogP) is 3.07. The van der Waals surface area contributed by atoms with Crippen molar-refractivity contribution >= 4 is 23.2 Å². The molecular weight excluding hydrogens is 287 g/mol. The molecular formula is C13H14Cl2N2O2. The number of hydrogen-bond acceptors (Lipinski definition) is 3. The zero-order valence-electron chi connectivity index (χ0n) is 10.4. The summed E-state index contributed by atoms with van der Waals surface area (Å²) in [6, 6.07) is 3.24. The van der Waals surface area contributed by atoms with Crippen molar-refractivity contribution in [1.29, 1.82) is 0 Å². The van der Waals surface area contributed by atoms with E-state index in [0.717, 1.165) is 5.82 Å². The van der Waals surface area contributed by atoms with Gasteiger partial charge in [-0.25, -0.2) is 4.98 Å². The maximum Gasteiger partial charge on any atom is 0.143 e. The van der Waals surface area contributed by atoms with Gasteiger partial charge in [-0.1, -0.05) is 23.2 Å². The highest BCUT2D eigenvalue weighted by Crippen LogP contribution is 2.32. The van der Waals surface area contributed by atoms with Crippen molar-refractivity contribution in [3.8, 4) is 5.75 Å². The second-order valence-corrected chi connectivity index (χ2v) is 4.89. The van der Waals surface area contributed by atoms with Crippen LogP contribution in [0.15, 0.2) is 24.5 Å². The van der Waals surface area contributed by atoms with Gasteiger partial charge in [0.05, 0.1) is 18.2 Å². The first-order valence-electron chi connectivity index (χ1n) is 5.81. The van der Waals surface area contributed by atoms with Gasteiger partial charge in [0.25, 0.3) is 0 Å². The van der Waals surface area contributed by atoms with Crippen LogP contribution in [0.3, 0.4) is 0 Å². The smallest absolute Gasteiger partial charge is 0.143 e. The highest BCUT2D eigenvalue weighted by Gasteiger charge is 2.10. The van der Waals surface area contributed by atoms with Crippen LogP contribution in [0.4, 0.5) is 0 Å². The molecule has 0 radical (unpaired) electrons. The summed E-state index contributed by atoms with van der Waals surface area (Å²) in [7, 11) is 0. The van der Waals surface area contributed by atoms with Crippen molar-refractivity contribution in [1.82, 2.24) is 9.55 Å². The molecule has 0 saturated carbocycles. The molecule has 19 heavy (non-hydrogen) atoms. The summed E-state index contributed by atoms with van der Waals surface area (Å²) in [6.07, 6.45) is 3.62. The van der Waals surface area contributed by atoms with Gasteiger partial charge >= 0.3 is 0 Å². The standard InChI is InChI=1S/C13H14Cl2N2O2/c1-9-16-2-3-17(9)4-5-19-13-10(8-18)6-11(14)7-12(13)15/h2-3,6-7,18H,4-5,8H2,1H3. The second-order valence-electron chi connectivity index (χ2n) is 4.05. The highest BCUT2D eigenvalue weighted by molar-refractivity contribution is 6.35. The lowest BCUT2D eigenvalue weighted by Gasteiger charge is -2.13. The van der Waals surface area contributed by atoms with Crippen LogP contribution < -0.4 is 4.74 Å². The lowest BCUT2D eigenvalue weighted by atomic mass is 10.2. The molecule has 0 atom stereocenters. The average Bonchev–Trinajstić information content (AvgIpc) is 2.77. The summed E-state index contributed by atoms with van der Waals surface area (Å²) in [6.45, 7) is 2.86. The summed E-state index contributed by atoms with van der Waals surface area (Å²) in [5, 5.41) is 10.2. The van der Waals surface area contributed by atoms with Crippen molar-refractivity contribution in [2.24, 2.45) is 0 Å². The van der Waals surface area contributed by atoms with E-state index in [1.807, 2.05) is 17.7 Å². The van der Waals surface area contributed by atoms with Crippen LogP contribution in [0.1, 0.15) is 11.4 Å². The summed E-state index contributed by atoms with van der Waals surface area (Å²) in [5.74, 6) is 1.40. The Morgan fingerprint density at radius 3 is 2.79 bits per heavy atom. The molecule has 0 unspecified atom stereocenters. The van der Waals surface area contributed by atoms with E-state index in [0.29, 0.717) is 34.5 Å². The molecule has 2 rings (SSSR count). The minimum atomic E-state index is -0.167. The number of halogens is 2. The molecule has 0 amide bonds. The maximum absolute atomic E-state index is 9.28. The number of imidazole rings is 1. The lowest BCUT2D eigenvalue weighted by molar-refractivity contribution is 0.257. The number of hydrogen-bond donors (Lipinski definition) is 1. The number of rotatable bonds is 5. The number of benzene rings is 1. The van der Waals surface area contributed by atoms with Gasteiger partial charge in [-0.3, -0.25) is 0 Å². The molecule has 1 N–H and O–H groups in total. The van der Waals surface area contributed by atoms with E-state index >= 15 is 0 Å². The van der Waals surface area contributed by atoms with Gasteiger partial charge in [-0.05, 0) is 19.1 Å². The van der Waals surface area contributed by atoms with E-state index < -0.39 is 0 Å². The summed E-state index contributed by atoms with van der Waals surface area (Å²) < 4.78 is 7.62. The third-order valence-electron chi connectivity index (χ3n) is 2.76. The molecule has 6 heteroatoms. The van der Waals surface area contributed by atoms with Crippen LogP contribution in [0.5, 0.6) is 5.75 Å². The normalized spacial score (nSPS) is 10.7. The fourth-order valence-electron chi connectivity index (χ4n) is 1.78. The van der Waals surface area contributed by atoms with E-state index in [2.05, 4.69) is 4.98 Å². The van der Waals surface area contributed by atoms with Crippen LogP contribution in [-0.4, -0.2) is 21.3 Å². The number of aliphatic hydroxyl groups is 1. The minimum absolute atomic E-state index is 0.167. The Morgan fingerprint density at radius 1 is 1.37 bits per heavy atom. The molecule has 102 valence electrons. The quantitative estimate of drug-likeness (QED) is 0.923. The number of nitrogens with zero attached hydrogens (tertiary/aromatic N) is 2. The molecule has 0 saturated heterocycles. The Kier molecular flexibility index (Phi) is 4.69. The average molecular weight is 301 g/mol.